The minimum atomic E-state index is -0.821. The Morgan fingerprint density at radius 1 is 0.949 bits per heavy atom. The number of hydrogen-bond donors (Lipinski definition) is 2. The third-order valence-electron chi connectivity index (χ3n) is 11.5. The summed E-state index contributed by atoms with van der Waals surface area (Å²) < 4.78 is 5.33. The van der Waals surface area contributed by atoms with Crippen molar-refractivity contribution in [3.05, 3.63) is 83.4 Å². The first kappa shape index (κ1) is 47.4. The van der Waals surface area contributed by atoms with Gasteiger partial charge in [0, 0.05) is 37.2 Å². The second-order valence-electron chi connectivity index (χ2n) is 17.3. The maximum atomic E-state index is 14.4. The van der Waals surface area contributed by atoms with E-state index in [0.717, 1.165) is 35.4 Å². The number of nitrogens with zero attached hydrogens (tertiary/aromatic N) is 2. The maximum absolute atomic E-state index is 14.4. The lowest BCUT2D eigenvalue weighted by Crippen LogP contribution is -2.48. The highest BCUT2D eigenvalue weighted by Crippen LogP contribution is 2.29. The van der Waals surface area contributed by atoms with Crippen LogP contribution in [0.1, 0.15) is 111 Å². The molecule has 3 amide bonds. The molecule has 0 saturated carbocycles. The zero-order valence-corrected chi connectivity index (χ0v) is 37.2. The van der Waals surface area contributed by atoms with Crippen LogP contribution in [0.3, 0.4) is 0 Å². The number of carbonyl (C=O) groups excluding carboxylic acids is 5. The van der Waals surface area contributed by atoms with Gasteiger partial charge >= 0.3 is 6.09 Å². The van der Waals surface area contributed by atoms with Crippen molar-refractivity contribution in [2.45, 2.75) is 130 Å². The number of ketones is 2. The van der Waals surface area contributed by atoms with Crippen molar-refractivity contribution in [3.8, 4) is 0 Å². The molecule has 2 N–H and O–H groups in total. The largest absolute Gasteiger partial charge is 0.445 e. The van der Waals surface area contributed by atoms with E-state index in [2.05, 4.69) is 56.3 Å². The van der Waals surface area contributed by atoms with Crippen LogP contribution in [0, 0.1) is 29.6 Å². The molecule has 10 nitrogen and oxygen atoms in total. The number of aliphatic imine (C=N–C) groups is 1. The molecule has 0 aromatic heterocycles. The molecule has 0 spiro atoms. The number of hydrogen-bond acceptors (Lipinski definition) is 8. The molecule has 4 rings (SSSR count). The standard InChI is InChI=1S/C48H68N4O6S/c1-32(2)26-34(5)35(6)27-39(28-37-16-10-8-11-17-37)47(56)52-25-15-21-42(52)44(54)29-40(33(3)4)46(55)51-41(43(53)30-45-49-24-22-36(7)59-45)20-14-23-50-48(57)58-31-38-18-12-9-13-19-38/h8-13,16-19,27,32-34,36,39-42H,14-15,20-26,28-31H2,1-7H3,(H,50,57)(H,51,55)/b35-27+/t34-,36?,39+,40-,41-,42-/m0/s1. The van der Waals surface area contributed by atoms with Gasteiger partial charge in [-0.25, -0.2) is 4.79 Å². The lowest BCUT2D eigenvalue weighted by Gasteiger charge is -2.30. The Kier molecular flexibility index (Phi) is 19.4. The lowest BCUT2D eigenvalue weighted by molar-refractivity contribution is -0.141. The van der Waals surface area contributed by atoms with Crippen LogP contribution >= 0.6 is 11.8 Å². The fourth-order valence-corrected chi connectivity index (χ4v) is 9.03. The van der Waals surface area contributed by atoms with Crippen molar-refractivity contribution < 1.29 is 28.7 Å². The molecule has 1 saturated heterocycles. The van der Waals surface area contributed by atoms with E-state index in [1.165, 1.54) is 5.57 Å². The number of carbonyl (C=O) groups is 5. The molecule has 322 valence electrons. The van der Waals surface area contributed by atoms with Crippen LogP contribution in [-0.2, 0) is 36.9 Å². The molecule has 1 fully saturated rings. The van der Waals surface area contributed by atoms with Crippen LogP contribution in [-0.4, -0.2) is 76.4 Å². The van der Waals surface area contributed by atoms with Gasteiger partial charge in [0.25, 0.3) is 0 Å². The van der Waals surface area contributed by atoms with E-state index in [4.69, 9.17) is 4.74 Å². The van der Waals surface area contributed by atoms with Crippen molar-refractivity contribution in [2.24, 2.45) is 34.6 Å². The van der Waals surface area contributed by atoms with Crippen molar-refractivity contribution >= 4 is 46.3 Å². The number of benzene rings is 2. The molecule has 0 radical (unpaired) electrons. The molecule has 2 aromatic carbocycles. The third-order valence-corrected chi connectivity index (χ3v) is 12.7. The van der Waals surface area contributed by atoms with Gasteiger partial charge in [-0.2, -0.15) is 0 Å². The number of allylic oxidation sites excluding steroid dienone is 1. The van der Waals surface area contributed by atoms with Crippen LogP contribution in [0.5, 0.6) is 0 Å². The summed E-state index contributed by atoms with van der Waals surface area (Å²) in [5, 5.41) is 6.89. The van der Waals surface area contributed by atoms with Gasteiger partial charge in [-0.1, -0.05) is 114 Å². The number of nitrogens with one attached hydrogen (secondary N) is 2. The molecule has 0 aliphatic carbocycles. The predicted molar refractivity (Wildman–Crippen MR) is 238 cm³/mol. The predicted octanol–water partition coefficient (Wildman–Crippen LogP) is 8.77. The monoisotopic (exact) mass is 828 g/mol. The Bertz CT molecular complexity index is 1750. The Labute approximate surface area is 357 Å². The second-order valence-corrected chi connectivity index (χ2v) is 18.8. The van der Waals surface area contributed by atoms with Crippen LogP contribution in [0.4, 0.5) is 4.79 Å². The molecule has 6 atom stereocenters. The summed E-state index contributed by atoms with van der Waals surface area (Å²) in [6, 6.07) is 18.0. The number of alkyl carbamates (subject to hydrolysis) is 1. The quantitative estimate of drug-likeness (QED) is 0.0896. The van der Waals surface area contributed by atoms with E-state index in [1.54, 1.807) is 16.7 Å². The molecule has 2 aliphatic heterocycles. The fraction of sp³-hybridized carbons (Fsp3) is 0.583. The van der Waals surface area contributed by atoms with Crippen LogP contribution in [0.15, 0.2) is 77.3 Å². The van der Waals surface area contributed by atoms with Crippen LogP contribution in [0.2, 0.25) is 0 Å². The molecule has 59 heavy (non-hydrogen) atoms. The van der Waals surface area contributed by atoms with Crippen molar-refractivity contribution in [3.63, 3.8) is 0 Å². The highest BCUT2D eigenvalue weighted by Gasteiger charge is 2.39. The van der Waals surface area contributed by atoms with E-state index in [9.17, 15) is 24.0 Å². The van der Waals surface area contributed by atoms with Gasteiger partial charge < -0.3 is 20.3 Å². The Morgan fingerprint density at radius 2 is 1.63 bits per heavy atom. The Hall–Kier alpha value is -4.25. The van der Waals surface area contributed by atoms with Crippen molar-refractivity contribution in [1.82, 2.24) is 15.5 Å². The molecule has 11 heteroatoms. The zero-order valence-electron chi connectivity index (χ0n) is 36.4. The van der Waals surface area contributed by atoms with Gasteiger partial charge in [0.15, 0.2) is 11.6 Å². The van der Waals surface area contributed by atoms with Gasteiger partial charge in [-0.3, -0.25) is 24.2 Å². The second kappa shape index (κ2) is 24.1. The van der Waals surface area contributed by atoms with Crippen LogP contribution in [0.25, 0.3) is 0 Å². The van der Waals surface area contributed by atoms with E-state index >= 15 is 0 Å². The number of Topliss-reactive ketones (excluding diaryl/α,β-unsaturated/α-hetero) is 2. The van der Waals surface area contributed by atoms with E-state index < -0.39 is 30.0 Å². The summed E-state index contributed by atoms with van der Waals surface area (Å²) in [6.45, 7) is 16.2. The Morgan fingerprint density at radius 3 is 2.27 bits per heavy atom. The van der Waals surface area contributed by atoms with Crippen molar-refractivity contribution in [1.29, 1.82) is 0 Å². The molecule has 2 aliphatic rings. The first-order chi connectivity index (χ1) is 28.2. The topological polar surface area (TPSA) is 134 Å². The molecular weight excluding hydrogens is 761 g/mol. The summed E-state index contributed by atoms with van der Waals surface area (Å²) in [5.74, 6) is -1.12. The number of rotatable bonds is 22. The zero-order chi connectivity index (χ0) is 42.9. The Balaban J connectivity index is 1.44. The number of thioether (sulfide) groups is 1. The van der Waals surface area contributed by atoms with E-state index in [-0.39, 0.29) is 55.3 Å². The number of amides is 3. The average molecular weight is 829 g/mol. The summed E-state index contributed by atoms with van der Waals surface area (Å²) in [5.41, 5.74) is 3.12. The SMILES string of the molecule is C/C(=C\[C@H](Cc1ccccc1)C(=O)N1CCC[C@H]1C(=O)C[C@H](C(=O)N[C@@H](CCCNC(=O)OCc1ccccc1)C(=O)CC1=NCCC(C)S1)C(C)C)[C@@H](C)CC(C)C. The molecular formula is C48H68N4O6S. The lowest BCUT2D eigenvalue weighted by atomic mass is 9.86. The highest BCUT2D eigenvalue weighted by molar-refractivity contribution is 8.14. The number of ether oxygens (including phenoxy) is 1. The number of likely N-dealkylation sites (tertiary alicyclic amines) is 1. The first-order valence-corrected chi connectivity index (χ1v) is 22.6. The van der Waals surface area contributed by atoms with E-state index in [0.29, 0.717) is 55.9 Å². The normalized spacial score (nSPS) is 19.1. The summed E-state index contributed by atoms with van der Waals surface area (Å²) >= 11 is 1.59. The van der Waals surface area contributed by atoms with Gasteiger partial charge in [-0.05, 0) is 80.8 Å². The smallest absolute Gasteiger partial charge is 0.407 e. The van der Waals surface area contributed by atoms with Crippen molar-refractivity contribution in [2.75, 3.05) is 19.6 Å². The van der Waals surface area contributed by atoms with Gasteiger partial charge in [0.2, 0.25) is 11.8 Å². The van der Waals surface area contributed by atoms with E-state index in [1.807, 2.05) is 74.5 Å². The third kappa shape index (κ3) is 15.7. The first-order valence-electron chi connectivity index (χ1n) is 21.7. The minimum Gasteiger partial charge on any atom is -0.445 e. The molecule has 2 aromatic rings. The van der Waals surface area contributed by atoms with Gasteiger partial charge in [0.1, 0.15) is 6.61 Å². The maximum Gasteiger partial charge on any atom is 0.407 e. The summed E-state index contributed by atoms with van der Waals surface area (Å²) in [6.07, 6.45) is 6.16. The molecule has 0 bridgehead atoms. The molecule has 2 heterocycles. The van der Waals surface area contributed by atoms with Crippen LogP contribution < -0.4 is 10.6 Å². The average Bonchev–Trinajstić information content (AvgIpc) is 3.70. The highest BCUT2D eigenvalue weighted by atomic mass is 32.2. The summed E-state index contributed by atoms with van der Waals surface area (Å²) in [4.78, 5) is 75.3. The summed E-state index contributed by atoms with van der Waals surface area (Å²) in [7, 11) is 0. The molecule has 1 unspecified atom stereocenters. The van der Waals surface area contributed by atoms with Gasteiger partial charge in [0.05, 0.1) is 29.5 Å². The minimum absolute atomic E-state index is 0.0304. The fourth-order valence-electron chi connectivity index (χ4n) is 7.95. The van der Waals surface area contributed by atoms with Gasteiger partial charge in [-0.15, -0.1) is 11.8 Å².